The molecule has 2 aromatic heterocycles. The summed E-state index contributed by atoms with van der Waals surface area (Å²) in [6, 6.07) is 0. The molecule has 0 spiro atoms. The summed E-state index contributed by atoms with van der Waals surface area (Å²) in [6.07, 6.45) is 11.5. The van der Waals surface area contributed by atoms with Crippen molar-refractivity contribution in [3.8, 4) is 0 Å². The van der Waals surface area contributed by atoms with Crippen LogP contribution in [0.4, 0.5) is 5.69 Å². The first kappa shape index (κ1) is 13.7. The van der Waals surface area contributed by atoms with Crippen molar-refractivity contribution >= 4 is 11.6 Å². The fraction of sp³-hybridized carbons (Fsp3) is 0.429. The van der Waals surface area contributed by atoms with E-state index in [4.69, 9.17) is 4.74 Å². The summed E-state index contributed by atoms with van der Waals surface area (Å²) in [5, 5.41) is 6.99. The van der Waals surface area contributed by atoms with Gasteiger partial charge in [-0.05, 0) is 19.3 Å². The molecule has 1 saturated heterocycles. The Morgan fingerprint density at radius 3 is 3.10 bits per heavy atom. The molecule has 0 radical (unpaired) electrons. The summed E-state index contributed by atoms with van der Waals surface area (Å²) < 4.78 is 7.47. The minimum atomic E-state index is -0.295. The minimum absolute atomic E-state index is 0.210. The Hall–Kier alpha value is -2.28. The maximum absolute atomic E-state index is 11.9. The number of rotatable bonds is 4. The van der Waals surface area contributed by atoms with Gasteiger partial charge in [0.25, 0.3) is 5.91 Å². The summed E-state index contributed by atoms with van der Waals surface area (Å²) in [6.45, 7) is 1.53. The van der Waals surface area contributed by atoms with Crippen LogP contribution in [-0.4, -0.2) is 38.4 Å². The molecule has 1 atom stereocenters. The predicted molar refractivity (Wildman–Crippen MR) is 75.8 cm³/mol. The van der Waals surface area contributed by atoms with Crippen molar-refractivity contribution in [2.75, 3.05) is 11.9 Å². The quantitative estimate of drug-likeness (QED) is 0.921. The average Bonchev–Trinajstić information content (AvgIpc) is 2.96. The van der Waals surface area contributed by atoms with E-state index in [1.807, 2.05) is 0 Å². The lowest BCUT2D eigenvalue weighted by Gasteiger charge is -2.22. The number of carbonyl (C=O) groups is 1. The molecule has 3 heterocycles. The van der Waals surface area contributed by atoms with E-state index in [1.165, 1.54) is 25.0 Å². The molecule has 110 valence electrons. The highest BCUT2D eigenvalue weighted by molar-refractivity contribution is 6.02. The van der Waals surface area contributed by atoms with Crippen LogP contribution in [0.25, 0.3) is 0 Å². The second kappa shape index (κ2) is 6.45. The molecule has 1 N–H and O–H groups in total. The van der Waals surface area contributed by atoms with Gasteiger partial charge < -0.3 is 10.1 Å². The van der Waals surface area contributed by atoms with Crippen LogP contribution in [-0.2, 0) is 11.3 Å². The standard InChI is InChI=1S/C14H17N5O2/c20-14(13-8-15-4-5-16-13)18-11-7-17-19(9-11)10-12-3-1-2-6-21-12/h4-5,7-9,12H,1-3,6,10H2,(H,18,20). The average molecular weight is 287 g/mol. The number of nitrogens with zero attached hydrogens (tertiary/aromatic N) is 4. The van der Waals surface area contributed by atoms with Gasteiger partial charge in [-0.3, -0.25) is 14.5 Å². The maximum atomic E-state index is 11.9. The van der Waals surface area contributed by atoms with Crippen molar-refractivity contribution < 1.29 is 9.53 Å². The highest BCUT2D eigenvalue weighted by Gasteiger charge is 2.15. The fourth-order valence-electron chi connectivity index (χ4n) is 2.30. The van der Waals surface area contributed by atoms with Gasteiger partial charge in [0.1, 0.15) is 5.69 Å². The Morgan fingerprint density at radius 2 is 2.33 bits per heavy atom. The molecule has 1 amide bonds. The van der Waals surface area contributed by atoms with Crippen LogP contribution in [0.2, 0.25) is 0 Å². The molecular formula is C14H17N5O2. The molecule has 7 heteroatoms. The van der Waals surface area contributed by atoms with Crippen LogP contribution in [0.1, 0.15) is 29.8 Å². The van der Waals surface area contributed by atoms with Crippen LogP contribution >= 0.6 is 0 Å². The second-order valence-corrected chi connectivity index (χ2v) is 4.98. The van der Waals surface area contributed by atoms with Crippen LogP contribution in [0.3, 0.4) is 0 Å². The predicted octanol–water partition coefficient (Wildman–Crippen LogP) is 1.49. The van der Waals surface area contributed by atoms with Gasteiger partial charge in [-0.2, -0.15) is 5.10 Å². The smallest absolute Gasteiger partial charge is 0.275 e. The second-order valence-electron chi connectivity index (χ2n) is 4.98. The van der Waals surface area contributed by atoms with Crippen molar-refractivity contribution in [3.05, 3.63) is 36.7 Å². The van der Waals surface area contributed by atoms with Crippen molar-refractivity contribution in [3.63, 3.8) is 0 Å². The van der Waals surface area contributed by atoms with Crippen LogP contribution in [0, 0.1) is 0 Å². The molecule has 1 aliphatic rings. The summed E-state index contributed by atoms with van der Waals surface area (Å²) in [5.74, 6) is -0.295. The lowest BCUT2D eigenvalue weighted by atomic mass is 10.1. The summed E-state index contributed by atoms with van der Waals surface area (Å²) in [4.78, 5) is 19.8. The van der Waals surface area contributed by atoms with Gasteiger partial charge in [0.15, 0.2) is 0 Å². The molecule has 0 saturated carbocycles. The molecule has 21 heavy (non-hydrogen) atoms. The lowest BCUT2D eigenvalue weighted by Crippen LogP contribution is -2.24. The third-order valence-corrected chi connectivity index (χ3v) is 3.35. The molecular weight excluding hydrogens is 270 g/mol. The molecule has 0 aliphatic carbocycles. The molecule has 1 aliphatic heterocycles. The van der Waals surface area contributed by atoms with Crippen molar-refractivity contribution in [2.45, 2.75) is 31.9 Å². The van der Waals surface area contributed by atoms with E-state index in [9.17, 15) is 4.79 Å². The number of nitrogens with one attached hydrogen (secondary N) is 1. The molecule has 1 fully saturated rings. The molecule has 7 nitrogen and oxygen atoms in total. The van der Waals surface area contributed by atoms with Gasteiger partial charge in [0, 0.05) is 25.2 Å². The van der Waals surface area contributed by atoms with Gasteiger partial charge in [-0.1, -0.05) is 0 Å². The minimum Gasteiger partial charge on any atom is -0.376 e. The first-order chi connectivity index (χ1) is 10.3. The van der Waals surface area contributed by atoms with Crippen molar-refractivity contribution in [1.82, 2.24) is 19.7 Å². The van der Waals surface area contributed by atoms with Crippen LogP contribution < -0.4 is 5.32 Å². The van der Waals surface area contributed by atoms with Crippen molar-refractivity contribution in [1.29, 1.82) is 0 Å². The Kier molecular flexibility index (Phi) is 4.20. The fourth-order valence-corrected chi connectivity index (χ4v) is 2.30. The van der Waals surface area contributed by atoms with Gasteiger partial charge in [0.2, 0.25) is 0 Å². The van der Waals surface area contributed by atoms with Gasteiger partial charge >= 0.3 is 0 Å². The topological polar surface area (TPSA) is 81.9 Å². The third kappa shape index (κ3) is 3.63. The number of anilines is 1. The Labute approximate surface area is 122 Å². The number of carbonyl (C=O) groups excluding carboxylic acids is 1. The lowest BCUT2D eigenvalue weighted by molar-refractivity contribution is 0.00401. The van der Waals surface area contributed by atoms with Crippen molar-refractivity contribution in [2.24, 2.45) is 0 Å². The van der Waals surface area contributed by atoms with E-state index in [2.05, 4.69) is 20.4 Å². The zero-order chi connectivity index (χ0) is 14.5. The van der Waals surface area contributed by atoms with Gasteiger partial charge in [-0.15, -0.1) is 0 Å². The molecule has 0 aromatic carbocycles. The summed E-state index contributed by atoms with van der Waals surface area (Å²) in [7, 11) is 0. The zero-order valence-corrected chi connectivity index (χ0v) is 11.6. The summed E-state index contributed by atoms with van der Waals surface area (Å²) >= 11 is 0. The van der Waals surface area contributed by atoms with E-state index >= 15 is 0 Å². The monoisotopic (exact) mass is 287 g/mol. The SMILES string of the molecule is O=C(Nc1cnn(CC2CCCCO2)c1)c1cnccn1. The third-order valence-electron chi connectivity index (χ3n) is 3.35. The number of ether oxygens (including phenoxy) is 1. The Morgan fingerprint density at radius 1 is 1.38 bits per heavy atom. The molecule has 1 unspecified atom stereocenters. The van der Waals surface area contributed by atoms with Gasteiger partial charge in [-0.25, -0.2) is 4.98 Å². The Bertz CT molecular complexity index is 592. The first-order valence-corrected chi connectivity index (χ1v) is 7.03. The molecule has 2 aromatic rings. The van der Waals surface area contributed by atoms with E-state index in [-0.39, 0.29) is 17.7 Å². The zero-order valence-electron chi connectivity index (χ0n) is 11.6. The van der Waals surface area contributed by atoms with E-state index in [0.29, 0.717) is 12.2 Å². The van der Waals surface area contributed by atoms with Crippen LogP contribution in [0.5, 0.6) is 0 Å². The number of amides is 1. The van der Waals surface area contributed by atoms with E-state index < -0.39 is 0 Å². The largest absolute Gasteiger partial charge is 0.376 e. The van der Waals surface area contributed by atoms with Gasteiger partial charge in [0.05, 0.1) is 30.7 Å². The number of aromatic nitrogens is 4. The highest BCUT2D eigenvalue weighted by atomic mass is 16.5. The molecule has 3 rings (SSSR count). The van der Waals surface area contributed by atoms with E-state index in [0.717, 1.165) is 19.4 Å². The van der Waals surface area contributed by atoms with Crippen LogP contribution in [0.15, 0.2) is 31.0 Å². The highest BCUT2D eigenvalue weighted by Crippen LogP contribution is 2.15. The van der Waals surface area contributed by atoms with E-state index in [1.54, 1.807) is 17.1 Å². The Balaban J connectivity index is 1.58. The number of hydrogen-bond donors (Lipinski definition) is 1. The normalized spacial score (nSPS) is 18.4. The maximum Gasteiger partial charge on any atom is 0.275 e. The molecule has 0 bridgehead atoms. The first-order valence-electron chi connectivity index (χ1n) is 7.03. The number of hydrogen-bond acceptors (Lipinski definition) is 5. The summed E-state index contributed by atoms with van der Waals surface area (Å²) in [5.41, 5.74) is 0.919.